The van der Waals surface area contributed by atoms with E-state index in [1.54, 1.807) is 19.4 Å². The van der Waals surface area contributed by atoms with Gasteiger partial charge in [-0.25, -0.2) is 4.98 Å². The molecule has 2 rings (SSSR count). The quantitative estimate of drug-likeness (QED) is 0.824. The molecule has 0 saturated carbocycles. The highest BCUT2D eigenvalue weighted by Crippen LogP contribution is 2.18. The minimum Gasteiger partial charge on any atom is -0.497 e. The lowest BCUT2D eigenvalue weighted by atomic mass is 10.2. The number of benzene rings is 1. The summed E-state index contributed by atoms with van der Waals surface area (Å²) in [5.74, 6) is 1.55. The van der Waals surface area contributed by atoms with Crippen molar-refractivity contribution < 1.29 is 9.47 Å². The van der Waals surface area contributed by atoms with Crippen molar-refractivity contribution in [3.8, 4) is 17.6 Å². The molecule has 0 bridgehead atoms. The molecule has 0 unspecified atom stereocenters. The van der Waals surface area contributed by atoms with E-state index in [4.69, 9.17) is 14.7 Å². The second-order valence-electron chi connectivity index (χ2n) is 3.63. The molecule has 0 radical (unpaired) electrons. The molecular formula is C14H12N2O2. The Kier molecular flexibility index (Phi) is 3.77. The maximum atomic E-state index is 8.74. The summed E-state index contributed by atoms with van der Waals surface area (Å²) in [5.41, 5.74) is 1.31. The van der Waals surface area contributed by atoms with Crippen molar-refractivity contribution in [1.82, 2.24) is 4.98 Å². The Labute approximate surface area is 105 Å². The second-order valence-corrected chi connectivity index (χ2v) is 3.63. The summed E-state index contributed by atoms with van der Waals surface area (Å²) in [7, 11) is 1.62. The SMILES string of the molecule is COc1ccc(OCc2ccnc(C#N)c2)cc1. The number of methoxy groups -OCH3 is 1. The van der Waals surface area contributed by atoms with E-state index in [0.717, 1.165) is 17.1 Å². The third kappa shape index (κ3) is 2.98. The number of pyridine rings is 1. The molecule has 0 saturated heterocycles. The lowest BCUT2D eigenvalue weighted by Gasteiger charge is -2.07. The Morgan fingerprint density at radius 3 is 2.56 bits per heavy atom. The van der Waals surface area contributed by atoms with Gasteiger partial charge in [-0.2, -0.15) is 5.26 Å². The summed E-state index contributed by atoms with van der Waals surface area (Å²) in [5, 5.41) is 8.74. The normalized spacial score (nSPS) is 9.56. The number of nitriles is 1. The minimum absolute atomic E-state index is 0.394. The first-order valence-electron chi connectivity index (χ1n) is 5.43. The van der Waals surface area contributed by atoms with Crippen molar-refractivity contribution in [2.45, 2.75) is 6.61 Å². The fourth-order valence-corrected chi connectivity index (χ4v) is 1.46. The van der Waals surface area contributed by atoms with Crippen LogP contribution in [0, 0.1) is 11.3 Å². The van der Waals surface area contributed by atoms with Gasteiger partial charge in [0.25, 0.3) is 0 Å². The van der Waals surface area contributed by atoms with Crippen LogP contribution in [0.5, 0.6) is 11.5 Å². The Hall–Kier alpha value is -2.54. The van der Waals surface area contributed by atoms with Crippen LogP contribution in [0.15, 0.2) is 42.6 Å². The van der Waals surface area contributed by atoms with Gasteiger partial charge in [0, 0.05) is 6.20 Å². The number of rotatable bonds is 4. The molecule has 0 spiro atoms. The zero-order valence-corrected chi connectivity index (χ0v) is 9.96. The highest BCUT2D eigenvalue weighted by molar-refractivity contribution is 5.31. The van der Waals surface area contributed by atoms with Gasteiger partial charge in [-0.1, -0.05) is 0 Å². The topological polar surface area (TPSA) is 55.1 Å². The van der Waals surface area contributed by atoms with Crippen LogP contribution in [-0.2, 0) is 6.61 Å². The van der Waals surface area contributed by atoms with E-state index in [1.165, 1.54) is 0 Å². The lowest BCUT2D eigenvalue weighted by molar-refractivity contribution is 0.305. The Balaban J connectivity index is 2.00. The first-order chi connectivity index (χ1) is 8.81. The highest BCUT2D eigenvalue weighted by atomic mass is 16.5. The minimum atomic E-state index is 0.394. The molecule has 18 heavy (non-hydrogen) atoms. The Morgan fingerprint density at radius 1 is 1.17 bits per heavy atom. The molecule has 1 heterocycles. The molecule has 0 fully saturated rings. The van der Waals surface area contributed by atoms with Crippen molar-refractivity contribution in [3.63, 3.8) is 0 Å². The summed E-state index contributed by atoms with van der Waals surface area (Å²) in [4.78, 5) is 3.90. The summed E-state index contributed by atoms with van der Waals surface area (Å²) in [6.45, 7) is 0.406. The van der Waals surface area contributed by atoms with Crippen LogP contribution in [0.25, 0.3) is 0 Å². The zero-order chi connectivity index (χ0) is 12.8. The molecule has 0 aliphatic carbocycles. The molecule has 0 amide bonds. The van der Waals surface area contributed by atoms with Crippen molar-refractivity contribution in [2.75, 3.05) is 7.11 Å². The predicted octanol–water partition coefficient (Wildman–Crippen LogP) is 2.54. The predicted molar refractivity (Wildman–Crippen MR) is 66.3 cm³/mol. The van der Waals surface area contributed by atoms with Crippen LogP contribution in [0.2, 0.25) is 0 Å². The van der Waals surface area contributed by atoms with Gasteiger partial charge in [0.05, 0.1) is 7.11 Å². The third-order valence-corrected chi connectivity index (χ3v) is 2.40. The molecule has 4 nitrogen and oxygen atoms in total. The van der Waals surface area contributed by atoms with Gasteiger partial charge in [0.1, 0.15) is 29.9 Å². The van der Waals surface area contributed by atoms with Gasteiger partial charge in [-0.3, -0.25) is 0 Å². The molecule has 90 valence electrons. The molecule has 0 atom stereocenters. The second kappa shape index (κ2) is 5.69. The van der Waals surface area contributed by atoms with E-state index in [2.05, 4.69) is 4.98 Å². The van der Waals surface area contributed by atoms with Crippen LogP contribution in [0.1, 0.15) is 11.3 Å². The molecule has 0 aliphatic heterocycles. The van der Waals surface area contributed by atoms with Gasteiger partial charge < -0.3 is 9.47 Å². The third-order valence-electron chi connectivity index (χ3n) is 2.40. The van der Waals surface area contributed by atoms with Gasteiger partial charge in [0.2, 0.25) is 0 Å². The van der Waals surface area contributed by atoms with Crippen LogP contribution < -0.4 is 9.47 Å². The van der Waals surface area contributed by atoms with E-state index in [0.29, 0.717) is 12.3 Å². The van der Waals surface area contributed by atoms with Crippen molar-refractivity contribution in [2.24, 2.45) is 0 Å². The molecule has 0 N–H and O–H groups in total. The first kappa shape index (κ1) is 11.9. The molecule has 4 heteroatoms. The van der Waals surface area contributed by atoms with Crippen LogP contribution in [-0.4, -0.2) is 12.1 Å². The standard InChI is InChI=1S/C14H12N2O2/c1-17-13-2-4-14(5-3-13)18-10-11-6-7-16-12(8-11)9-15/h2-8H,10H2,1H3. The number of hydrogen-bond acceptors (Lipinski definition) is 4. The van der Waals surface area contributed by atoms with E-state index >= 15 is 0 Å². The van der Waals surface area contributed by atoms with Gasteiger partial charge in [-0.05, 0) is 42.0 Å². The van der Waals surface area contributed by atoms with Crippen LogP contribution in [0.3, 0.4) is 0 Å². The van der Waals surface area contributed by atoms with Gasteiger partial charge >= 0.3 is 0 Å². The fourth-order valence-electron chi connectivity index (χ4n) is 1.46. The maximum Gasteiger partial charge on any atom is 0.140 e. The summed E-state index contributed by atoms with van der Waals surface area (Å²) in [6, 6.07) is 12.9. The van der Waals surface area contributed by atoms with E-state index in [1.807, 2.05) is 36.4 Å². The molecular weight excluding hydrogens is 228 g/mol. The molecule has 0 aliphatic rings. The maximum absolute atomic E-state index is 8.74. The average Bonchev–Trinajstić information content (AvgIpc) is 2.46. The van der Waals surface area contributed by atoms with Crippen molar-refractivity contribution >= 4 is 0 Å². The van der Waals surface area contributed by atoms with E-state index in [-0.39, 0.29) is 0 Å². The lowest BCUT2D eigenvalue weighted by Crippen LogP contribution is -1.96. The average molecular weight is 240 g/mol. The van der Waals surface area contributed by atoms with E-state index < -0.39 is 0 Å². The Bertz CT molecular complexity index is 559. The summed E-state index contributed by atoms with van der Waals surface area (Å²) >= 11 is 0. The monoisotopic (exact) mass is 240 g/mol. The van der Waals surface area contributed by atoms with Gasteiger partial charge in [0.15, 0.2) is 0 Å². The molecule has 1 aromatic heterocycles. The van der Waals surface area contributed by atoms with Crippen molar-refractivity contribution in [1.29, 1.82) is 5.26 Å². The zero-order valence-electron chi connectivity index (χ0n) is 9.96. The fraction of sp³-hybridized carbons (Fsp3) is 0.143. The van der Waals surface area contributed by atoms with Crippen LogP contribution in [0.4, 0.5) is 0 Å². The summed E-state index contributed by atoms with van der Waals surface area (Å²) in [6.07, 6.45) is 1.60. The van der Waals surface area contributed by atoms with E-state index in [9.17, 15) is 0 Å². The Morgan fingerprint density at radius 2 is 1.89 bits per heavy atom. The number of hydrogen-bond donors (Lipinski definition) is 0. The highest BCUT2D eigenvalue weighted by Gasteiger charge is 1.99. The number of aromatic nitrogens is 1. The number of ether oxygens (including phenoxy) is 2. The smallest absolute Gasteiger partial charge is 0.140 e. The first-order valence-corrected chi connectivity index (χ1v) is 5.43. The molecule has 1 aromatic carbocycles. The van der Waals surface area contributed by atoms with Crippen LogP contribution >= 0.6 is 0 Å². The summed E-state index contributed by atoms with van der Waals surface area (Å²) < 4.78 is 10.7. The van der Waals surface area contributed by atoms with Crippen molar-refractivity contribution in [3.05, 3.63) is 53.9 Å². The van der Waals surface area contributed by atoms with Gasteiger partial charge in [-0.15, -0.1) is 0 Å². The molecule has 2 aromatic rings. The number of nitrogens with zero attached hydrogens (tertiary/aromatic N) is 2. The largest absolute Gasteiger partial charge is 0.497 e.